The van der Waals surface area contributed by atoms with E-state index in [1.54, 1.807) is 0 Å². The molecule has 6 heteroatoms. The second-order valence-corrected chi connectivity index (χ2v) is 6.64. The Morgan fingerprint density at radius 1 is 1.04 bits per heavy atom. The number of allylic oxidation sites excluding steroid dienone is 4. The third-order valence-electron chi connectivity index (χ3n) is 4.07. The predicted octanol–water partition coefficient (Wildman–Crippen LogP) is 3.22. The topological polar surface area (TPSA) is 86.7 Å². The Morgan fingerprint density at radius 3 is 2.15 bits per heavy atom. The van der Waals surface area contributed by atoms with Crippen molar-refractivity contribution in [1.29, 1.82) is 0 Å². The van der Waals surface area contributed by atoms with Gasteiger partial charge >= 0.3 is 11.9 Å². The maximum atomic E-state index is 13.0. The average molecular weight is 362 g/mol. The van der Waals surface area contributed by atoms with Crippen LogP contribution in [-0.2, 0) is 28.7 Å². The van der Waals surface area contributed by atoms with Crippen molar-refractivity contribution in [3.63, 3.8) is 0 Å². The van der Waals surface area contributed by atoms with Crippen LogP contribution < -0.4 is 0 Å². The lowest BCUT2D eigenvalue weighted by Gasteiger charge is -2.24. The van der Waals surface area contributed by atoms with Crippen LogP contribution in [0.1, 0.15) is 54.4 Å². The fourth-order valence-corrected chi connectivity index (χ4v) is 2.67. The second-order valence-electron chi connectivity index (χ2n) is 6.64. The third kappa shape index (κ3) is 5.51. The van der Waals surface area contributed by atoms with Crippen molar-refractivity contribution in [3.8, 4) is 0 Å². The molecule has 0 amide bonds. The minimum atomic E-state index is -0.661. The molecule has 0 saturated carbocycles. The van der Waals surface area contributed by atoms with Crippen molar-refractivity contribution in [2.45, 2.75) is 54.4 Å². The van der Waals surface area contributed by atoms with Gasteiger partial charge in [-0.3, -0.25) is 19.2 Å². The Hall–Kier alpha value is -2.50. The van der Waals surface area contributed by atoms with E-state index >= 15 is 0 Å². The van der Waals surface area contributed by atoms with Gasteiger partial charge in [-0.25, -0.2) is 0 Å². The Morgan fingerprint density at radius 2 is 1.65 bits per heavy atom. The van der Waals surface area contributed by atoms with Gasteiger partial charge in [-0.2, -0.15) is 0 Å². The van der Waals surface area contributed by atoms with Gasteiger partial charge in [-0.15, -0.1) is 0 Å². The molecule has 0 N–H and O–H groups in total. The molecule has 0 aliphatic heterocycles. The number of ether oxygens (including phenoxy) is 2. The normalized spacial score (nSPS) is 15.8. The van der Waals surface area contributed by atoms with Gasteiger partial charge in [0.25, 0.3) is 0 Å². The molecule has 1 aliphatic rings. The van der Waals surface area contributed by atoms with Crippen LogP contribution in [0, 0.1) is 5.92 Å². The Labute approximate surface area is 153 Å². The maximum Gasteiger partial charge on any atom is 0.308 e. The summed E-state index contributed by atoms with van der Waals surface area (Å²) < 4.78 is 10.0. The molecule has 0 spiro atoms. The van der Waals surface area contributed by atoms with E-state index in [1.165, 1.54) is 20.8 Å². The van der Waals surface area contributed by atoms with Gasteiger partial charge < -0.3 is 9.47 Å². The van der Waals surface area contributed by atoms with E-state index in [0.29, 0.717) is 6.42 Å². The predicted molar refractivity (Wildman–Crippen MR) is 96.0 cm³/mol. The molecule has 142 valence electrons. The molecule has 1 aliphatic carbocycles. The van der Waals surface area contributed by atoms with E-state index in [-0.39, 0.29) is 35.0 Å². The van der Waals surface area contributed by atoms with Crippen LogP contribution in [0.2, 0.25) is 0 Å². The highest BCUT2D eigenvalue weighted by Gasteiger charge is 2.37. The Balaban J connectivity index is 3.26. The molecule has 26 heavy (non-hydrogen) atoms. The SMILES string of the molecule is CC(=O)OCC1=C(C)C(=O)C(OC(C)=O)=C(C(C)CCC=C(C)C)C1=O. The summed E-state index contributed by atoms with van der Waals surface area (Å²) in [5.74, 6) is -2.65. The largest absolute Gasteiger partial charge is 0.461 e. The third-order valence-corrected chi connectivity index (χ3v) is 4.07. The van der Waals surface area contributed by atoms with Gasteiger partial charge in [0.15, 0.2) is 11.5 Å². The number of carbonyl (C=O) groups excluding carboxylic acids is 4. The fraction of sp³-hybridized carbons (Fsp3) is 0.500. The van der Waals surface area contributed by atoms with Crippen molar-refractivity contribution in [3.05, 3.63) is 34.1 Å². The summed E-state index contributed by atoms with van der Waals surface area (Å²) in [6.45, 7) is 9.38. The standard InChI is InChI=1S/C20H26O6/c1-11(2)8-7-9-12(3)17-19(24)16(10-25-14(5)21)13(4)18(23)20(17)26-15(6)22/h8,12H,7,9-10H2,1-6H3. The highest BCUT2D eigenvalue weighted by molar-refractivity contribution is 6.25. The van der Waals surface area contributed by atoms with Gasteiger partial charge in [0.1, 0.15) is 6.61 Å². The molecular weight excluding hydrogens is 336 g/mol. The molecule has 0 aromatic carbocycles. The van der Waals surface area contributed by atoms with E-state index in [1.807, 2.05) is 26.8 Å². The summed E-state index contributed by atoms with van der Waals surface area (Å²) in [4.78, 5) is 48.1. The minimum absolute atomic E-state index is 0.130. The molecular formula is C20H26O6. The molecule has 0 aromatic heterocycles. The van der Waals surface area contributed by atoms with Gasteiger partial charge in [0, 0.05) is 30.6 Å². The first-order valence-corrected chi connectivity index (χ1v) is 8.54. The zero-order chi connectivity index (χ0) is 20.0. The average Bonchev–Trinajstić information content (AvgIpc) is 2.51. The van der Waals surface area contributed by atoms with Crippen molar-refractivity contribution in [2.75, 3.05) is 6.61 Å². The van der Waals surface area contributed by atoms with Crippen LogP contribution in [0.25, 0.3) is 0 Å². The Bertz CT molecular complexity index is 717. The maximum absolute atomic E-state index is 13.0. The first-order valence-electron chi connectivity index (χ1n) is 8.54. The van der Waals surface area contributed by atoms with Crippen LogP contribution in [0.15, 0.2) is 34.1 Å². The van der Waals surface area contributed by atoms with Gasteiger partial charge in [0.05, 0.1) is 0 Å². The van der Waals surface area contributed by atoms with Crippen LogP contribution >= 0.6 is 0 Å². The molecule has 0 heterocycles. The molecule has 1 rings (SSSR count). The van der Waals surface area contributed by atoms with Crippen LogP contribution in [-0.4, -0.2) is 30.1 Å². The molecule has 0 bridgehead atoms. The number of hydrogen-bond acceptors (Lipinski definition) is 6. The minimum Gasteiger partial charge on any atom is -0.461 e. The van der Waals surface area contributed by atoms with E-state index in [0.717, 1.165) is 12.0 Å². The zero-order valence-corrected chi connectivity index (χ0v) is 16.2. The quantitative estimate of drug-likeness (QED) is 0.393. The first-order chi connectivity index (χ1) is 12.1. The summed E-state index contributed by atoms with van der Waals surface area (Å²) in [5, 5.41) is 0. The van der Waals surface area contributed by atoms with Gasteiger partial charge in [-0.05, 0) is 39.5 Å². The van der Waals surface area contributed by atoms with E-state index < -0.39 is 23.5 Å². The number of rotatable bonds is 7. The lowest BCUT2D eigenvalue weighted by Crippen LogP contribution is -2.30. The molecule has 1 unspecified atom stereocenters. The van der Waals surface area contributed by atoms with Crippen LogP contribution in [0.4, 0.5) is 0 Å². The number of Topliss-reactive ketones (excluding diaryl/α,β-unsaturated/α-hetero) is 2. The number of ketones is 2. The molecule has 1 atom stereocenters. The van der Waals surface area contributed by atoms with Gasteiger partial charge in [0.2, 0.25) is 5.78 Å². The van der Waals surface area contributed by atoms with Crippen LogP contribution in [0.3, 0.4) is 0 Å². The van der Waals surface area contributed by atoms with E-state index in [2.05, 4.69) is 0 Å². The van der Waals surface area contributed by atoms with Gasteiger partial charge in [-0.1, -0.05) is 18.6 Å². The zero-order valence-electron chi connectivity index (χ0n) is 16.2. The first kappa shape index (κ1) is 21.5. The van der Waals surface area contributed by atoms with Crippen molar-refractivity contribution < 1.29 is 28.7 Å². The molecule has 0 fully saturated rings. The number of hydrogen-bond donors (Lipinski definition) is 0. The summed E-state index contributed by atoms with van der Waals surface area (Å²) >= 11 is 0. The number of esters is 2. The molecule has 0 aromatic rings. The van der Waals surface area contributed by atoms with E-state index in [9.17, 15) is 19.2 Å². The smallest absolute Gasteiger partial charge is 0.308 e. The van der Waals surface area contributed by atoms with Crippen molar-refractivity contribution in [2.24, 2.45) is 5.92 Å². The summed E-state index contributed by atoms with van der Waals surface area (Å²) in [5.41, 5.74) is 1.58. The lowest BCUT2D eigenvalue weighted by atomic mass is 9.81. The van der Waals surface area contributed by atoms with Crippen LogP contribution in [0.5, 0.6) is 0 Å². The highest BCUT2D eigenvalue weighted by Crippen LogP contribution is 2.32. The molecule has 0 saturated heterocycles. The monoisotopic (exact) mass is 362 g/mol. The van der Waals surface area contributed by atoms with Crippen molar-refractivity contribution >= 4 is 23.5 Å². The summed E-state index contributed by atoms with van der Waals surface area (Å²) in [7, 11) is 0. The fourth-order valence-electron chi connectivity index (χ4n) is 2.67. The number of carbonyl (C=O) groups is 4. The molecule has 6 nitrogen and oxygen atoms in total. The van der Waals surface area contributed by atoms with E-state index in [4.69, 9.17) is 9.47 Å². The molecule has 0 radical (unpaired) electrons. The Kier molecular flexibility index (Phi) is 7.68. The second kappa shape index (κ2) is 9.27. The lowest BCUT2D eigenvalue weighted by molar-refractivity contribution is -0.140. The summed E-state index contributed by atoms with van der Waals surface area (Å²) in [6, 6.07) is 0. The summed E-state index contributed by atoms with van der Waals surface area (Å²) in [6.07, 6.45) is 3.38. The van der Waals surface area contributed by atoms with Crippen molar-refractivity contribution in [1.82, 2.24) is 0 Å². The highest BCUT2D eigenvalue weighted by atomic mass is 16.5.